The van der Waals surface area contributed by atoms with Crippen molar-refractivity contribution < 1.29 is 18.3 Å². The molecule has 0 saturated heterocycles. The number of phenolic OH excluding ortho intramolecular Hbond substituents is 1. The molecule has 0 saturated carbocycles. The Morgan fingerprint density at radius 2 is 1.85 bits per heavy atom. The highest BCUT2D eigenvalue weighted by atomic mass is 35.5. The van der Waals surface area contributed by atoms with Crippen LogP contribution < -0.4 is 15.0 Å². The lowest BCUT2D eigenvalue weighted by atomic mass is 10.2. The van der Waals surface area contributed by atoms with Gasteiger partial charge in [0.1, 0.15) is 5.75 Å². The van der Waals surface area contributed by atoms with Gasteiger partial charge in [0.2, 0.25) is 0 Å². The Bertz CT molecular complexity index is 1340. The number of hydrogen-bond acceptors (Lipinski definition) is 6. The van der Waals surface area contributed by atoms with E-state index in [9.17, 15) is 18.3 Å². The Labute approximate surface area is 196 Å². The van der Waals surface area contributed by atoms with Crippen LogP contribution in [0.3, 0.4) is 0 Å². The zero-order valence-corrected chi connectivity index (χ0v) is 19.2. The van der Waals surface area contributed by atoms with E-state index in [0.29, 0.717) is 16.3 Å². The number of carbonyl (C=O) groups excluding carboxylic acids is 1. The maximum absolute atomic E-state index is 12.8. The molecule has 1 aliphatic heterocycles. The Balaban J connectivity index is 1.51. The predicted molar refractivity (Wildman–Crippen MR) is 130 cm³/mol. The van der Waals surface area contributed by atoms with Gasteiger partial charge in [-0.05, 0) is 67.6 Å². The molecule has 4 rings (SSSR count). The molecule has 1 amide bonds. The van der Waals surface area contributed by atoms with E-state index in [1.54, 1.807) is 42.5 Å². The van der Waals surface area contributed by atoms with E-state index in [-0.39, 0.29) is 16.3 Å². The molecular weight excluding hydrogens is 464 g/mol. The third-order valence-electron chi connectivity index (χ3n) is 5.01. The molecule has 3 N–H and O–H groups in total. The number of carbonyl (C=O) groups is 1. The Morgan fingerprint density at radius 3 is 2.52 bits per heavy atom. The van der Waals surface area contributed by atoms with Gasteiger partial charge in [0.25, 0.3) is 15.9 Å². The summed E-state index contributed by atoms with van der Waals surface area (Å²) in [5.74, 6) is -0.751. The zero-order chi connectivity index (χ0) is 23.6. The summed E-state index contributed by atoms with van der Waals surface area (Å²) in [7, 11) is -3.98. The van der Waals surface area contributed by atoms with Crippen molar-refractivity contribution in [3.8, 4) is 5.75 Å². The maximum Gasteiger partial charge on any atom is 0.261 e. The molecule has 0 bridgehead atoms. The number of amides is 1. The highest BCUT2D eigenvalue weighted by Gasteiger charge is 2.19. The number of aromatic hydroxyl groups is 1. The van der Waals surface area contributed by atoms with Crippen molar-refractivity contribution in [1.82, 2.24) is 0 Å². The van der Waals surface area contributed by atoms with E-state index in [2.05, 4.69) is 15.1 Å². The molecule has 170 valence electrons. The molecule has 0 atom stereocenters. The highest BCUT2D eigenvalue weighted by Crippen LogP contribution is 2.29. The molecule has 0 spiro atoms. The molecule has 0 aromatic heterocycles. The van der Waals surface area contributed by atoms with E-state index >= 15 is 0 Å². The van der Waals surface area contributed by atoms with Crippen LogP contribution in [-0.4, -0.2) is 31.7 Å². The van der Waals surface area contributed by atoms with Gasteiger partial charge in [-0.3, -0.25) is 14.5 Å². The van der Waals surface area contributed by atoms with Crippen LogP contribution >= 0.6 is 11.6 Å². The zero-order valence-electron chi connectivity index (χ0n) is 17.6. The summed E-state index contributed by atoms with van der Waals surface area (Å²) >= 11 is 5.91. The van der Waals surface area contributed by atoms with Crippen molar-refractivity contribution in [1.29, 1.82) is 0 Å². The minimum atomic E-state index is -3.98. The monoisotopic (exact) mass is 484 g/mol. The minimum Gasteiger partial charge on any atom is -0.506 e. The van der Waals surface area contributed by atoms with Crippen molar-refractivity contribution in [2.75, 3.05) is 21.6 Å². The second-order valence-corrected chi connectivity index (χ2v) is 9.62. The van der Waals surface area contributed by atoms with Crippen molar-refractivity contribution in [3.63, 3.8) is 0 Å². The number of hydrogen-bond donors (Lipinski definition) is 3. The van der Waals surface area contributed by atoms with E-state index in [0.717, 1.165) is 24.4 Å². The number of rotatable bonds is 6. The van der Waals surface area contributed by atoms with Crippen LogP contribution in [0.15, 0.2) is 76.7 Å². The van der Waals surface area contributed by atoms with Crippen LogP contribution in [0.25, 0.3) is 0 Å². The van der Waals surface area contributed by atoms with Crippen LogP contribution in [0.1, 0.15) is 23.7 Å². The molecule has 8 nitrogen and oxygen atoms in total. The normalized spacial score (nSPS) is 13.5. The summed E-state index contributed by atoms with van der Waals surface area (Å²) in [6.07, 6.45) is 0.896. The van der Waals surface area contributed by atoms with Gasteiger partial charge in [0.05, 0.1) is 22.0 Å². The van der Waals surface area contributed by atoms with Gasteiger partial charge in [-0.2, -0.15) is 5.10 Å². The largest absolute Gasteiger partial charge is 0.506 e. The minimum absolute atomic E-state index is 0.0298. The fraction of sp³-hybridized carbons (Fsp3) is 0.130. The third-order valence-corrected chi connectivity index (χ3v) is 6.62. The average Bonchev–Trinajstić information content (AvgIpc) is 3.21. The number of anilines is 3. The molecule has 1 aliphatic rings. The van der Waals surface area contributed by atoms with Crippen LogP contribution in [-0.2, 0) is 10.0 Å². The molecular formula is C23H21ClN4O4S. The molecule has 3 aromatic carbocycles. The lowest BCUT2D eigenvalue weighted by molar-refractivity contribution is 0.102. The number of nitrogens with one attached hydrogen (secondary N) is 2. The van der Waals surface area contributed by atoms with Crippen molar-refractivity contribution in [2.45, 2.75) is 18.2 Å². The Hall–Kier alpha value is -3.56. The van der Waals surface area contributed by atoms with Crippen molar-refractivity contribution in [3.05, 3.63) is 77.3 Å². The maximum atomic E-state index is 12.8. The quantitative estimate of drug-likeness (QED) is 0.440. The van der Waals surface area contributed by atoms with Gasteiger partial charge >= 0.3 is 0 Å². The standard InChI is InChI=1S/C23H21ClN4O4S/c1-15-11-12-28(26-15)19-7-5-16(6-8-19)23(30)25-21-14-20(9-10-22(21)29)33(31,32)27-18-4-2-3-17(24)13-18/h2-10,13-14,27,29H,11-12H2,1H3,(H,25,30). The van der Waals surface area contributed by atoms with Crippen molar-refractivity contribution >= 4 is 50.3 Å². The topological polar surface area (TPSA) is 111 Å². The van der Waals surface area contributed by atoms with Crippen LogP contribution in [0.2, 0.25) is 5.02 Å². The van der Waals surface area contributed by atoms with Gasteiger partial charge in [-0.25, -0.2) is 8.42 Å². The van der Waals surface area contributed by atoms with Crippen LogP contribution in [0.5, 0.6) is 5.75 Å². The second-order valence-electron chi connectivity index (χ2n) is 7.50. The first-order valence-electron chi connectivity index (χ1n) is 10.1. The summed E-state index contributed by atoms with van der Waals surface area (Å²) in [4.78, 5) is 12.6. The van der Waals surface area contributed by atoms with Crippen LogP contribution in [0, 0.1) is 0 Å². The number of halogens is 1. The summed E-state index contributed by atoms with van der Waals surface area (Å²) in [5.41, 5.74) is 2.53. The first kappa shape index (κ1) is 22.6. The Kier molecular flexibility index (Phi) is 6.26. The van der Waals surface area contributed by atoms with E-state index in [1.165, 1.54) is 24.3 Å². The number of benzene rings is 3. The van der Waals surface area contributed by atoms with Crippen LogP contribution in [0.4, 0.5) is 17.1 Å². The molecule has 10 heteroatoms. The number of sulfonamides is 1. The highest BCUT2D eigenvalue weighted by molar-refractivity contribution is 7.92. The SMILES string of the molecule is CC1=NN(c2ccc(C(=O)Nc3cc(S(=O)(=O)Nc4cccc(Cl)c4)ccc3O)cc2)CC1. The molecule has 0 radical (unpaired) electrons. The van der Waals surface area contributed by atoms with Gasteiger partial charge in [-0.1, -0.05) is 17.7 Å². The summed E-state index contributed by atoms with van der Waals surface area (Å²) in [6.45, 7) is 2.75. The summed E-state index contributed by atoms with van der Waals surface area (Å²) in [6, 6.07) is 16.8. The summed E-state index contributed by atoms with van der Waals surface area (Å²) < 4.78 is 27.9. The first-order chi connectivity index (χ1) is 15.7. The first-order valence-corrected chi connectivity index (χ1v) is 11.9. The fourth-order valence-electron chi connectivity index (χ4n) is 3.29. The van der Waals surface area contributed by atoms with Gasteiger partial charge in [-0.15, -0.1) is 0 Å². The lowest BCUT2D eigenvalue weighted by Gasteiger charge is -2.14. The number of phenols is 1. The average molecular weight is 485 g/mol. The molecule has 3 aromatic rings. The molecule has 0 unspecified atom stereocenters. The van der Waals surface area contributed by atoms with Gasteiger partial charge < -0.3 is 10.4 Å². The molecule has 0 aliphatic carbocycles. The summed E-state index contributed by atoms with van der Waals surface area (Å²) in [5, 5.41) is 19.4. The van der Waals surface area contributed by atoms with E-state index in [1.807, 2.05) is 11.9 Å². The second kappa shape index (κ2) is 9.13. The molecule has 1 heterocycles. The van der Waals surface area contributed by atoms with E-state index < -0.39 is 15.9 Å². The lowest BCUT2D eigenvalue weighted by Crippen LogP contribution is -2.16. The van der Waals surface area contributed by atoms with Gasteiger partial charge in [0, 0.05) is 29.3 Å². The number of nitrogens with zero attached hydrogens (tertiary/aromatic N) is 2. The third kappa shape index (κ3) is 5.27. The fourth-order valence-corrected chi connectivity index (χ4v) is 4.55. The van der Waals surface area contributed by atoms with E-state index in [4.69, 9.17) is 11.6 Å². The molecule has 33 heavy (non-hydrogen) atoms. The Morgan fingerprint density at radius 1 is 1.09 bits per heavy atom. The smallest absolute Gasteiger partial charge is 0.261 e. The predicted octanol–water partition coefficient (Wildman–Crippen LogP) is 4.68. The number of hydrazone groups is 1. The van der Waals surface area contributed by atoms with Crippen molar-refractivity contribution in [2.24, 2.45) is 5.10 Å². The van der Waals surface area contributed by atoms with Gasteiger partial charge in [0.15, 0.2) is 0 Å². The molecule has 0 fully saturated rings.